The van der Waals surface area contributed by atoms with Gasteiger partial charge in [0.05, 0.1) is 28.5 Å². The molecule has 0 atom stereocenters. The van der Waals surface area contributed by atoms with Gasteiger partial charge in [-0.3, -0.25) is 24.3 Å². The van der Waals surface area contributed by atoms with E-state index in [1.807, 2.05) is 24.3 Å². The van der Waals surface area contributed by atoms with Crippen LogP contribution in [0.25, 0.3) is 5.57 Å². The number of amides is 2. The summed E-state index contributed by atoms with van der Waals surface area (Å²) in [7, 11) is 2.11. The first kappa shape index (κ1) is 21.6. The normalized spacial score (nSPS) is 22.2. The van der Waals surface area contributed by atoms with Crippen LogP contribution in [0.1, 0.15) is 5.56 Å². The van der Waals surface area contributed by atoms with Crippen LogP contribution in [0, 0.1) is 0 Å². The molecule has 0 aromatic heterocycles. The fourth-order valence-corrected chi connectivity index (χ4v) is 5.66. The Balaban J connectivity index is 1.50. The summed E-state index contributed by atoms with van der Waals surface area (Å²) in [4.78, 5) is 35.2. The van der Waals surface area contributed by atoms with E-state index in [-0.39, 0.29) is 11.8 Å². The van der Waals surface area contributed by atoms with E-state index in [0.29, 0.717) is 32.2 Å². The minimum absolute atomic E-state index is 0.151. The first-order valence-electron chi connectivity index (χ1n) is 10.3. The molecule has 2 fully saturated rings. The average Bonchev–Trinajstić information content (AvgIpc) is 3.23. The van der Waals surface area contributed by atoms with Crippen molar-refractivity contribution in [1.82, 2.24) is 9.80 Å². The number of rotatable bonds is 3. The number of para-hydroxylation sites is 1. The van der Waals surface area contributed by atoms with Crippen molar-refractivity contribution < 1.29 is 9.59 Å². The third-order valence-electron chi connectivity index (χ3n) is 5.94. The second kappa shape index (κ2) is 8.61. The van der Waals surface area contributed by atoms with Crippen LogP contribution < -0.4 is 9.80 Å². The van der Waals surface area contributed by atoms with E-state index >= 15 is 0 Å². The van der Waals surface area contributed by atoms with Gasteiger partial charge in [-0.25, -0.2) is 0 Å². The molecule has 3 heterocycles. The van der Waals surface area contributed by atoms with E-state index in [2.05, 4.69) is 16.8 Å². The summed E-state index contributed by atoms with van der Waals surface area (Å²) in [5.41, 5.74) is 2.69. The number of hydrogen-bond donors (Lipinski definition) is 0. The maximum Gasteiger partial charge on any atom is 0.271 e. The van der Waals surface area contributed by atoms with Gasteiger partial charge in [0.25, 0.3) is 11.8 Å². The largest absolute Gasteiger partial charge is 0.304 e. The number of hydrogen-bond acceptors (Lipinski definition) is 6. The van der Waals surface area contributed by atoms with Gasteiger partial charge in [-0.15, -0.1) is 0 Å². The summed E-state index contributed by atoms with van der Waals surface area (Å²) in [5, 5.41) is 0.581. The fourth-order valence-electron chi connectivity index (χ4n) is 4.16. The summed E-state index contributed by atoms with van der Waals surface area (Å²) in [6.07, 6.45) is 0. The van der Waals surface area contributed by atoms with Crippen LogP contribution >= 0.6 is 35.6 Å². The SMILES string of the molecule is CN1CCN(CN2C(=O)/C(=C3\SC(=S)N(c4ccc(Cl)cc4)C3=O)c3ccccc32)CC1. The minimum atomic E-state index is -0.276. The number of anilines is 2. The van der Waals surface area contributed by atoms with Crippen molar-refractivity contribution in [2.24, 2.45) is 0 Å². The van der Waals surface area contributed by atoms with Crippen LogP contribution in [-0.2, 0) is 9.59 Å². The number of thiocarbonyl (C=S) groups is 1. The summed E-state index contributed by atoms with van der Waals surface area (Å²) in [6.45, 7) is 4.24. The van der Waals surface area contributed by atoms with E-state index in [1.54, 1.807) is 29.2 Å². The first-order valence-corrected chi connectivity index (χ1v) is 11.9. The van der Waals surface area contributed by atoms with E-state index < -0.39 is 0 Å². The van der Waals surface area contributed by atoms with Gasteiger partial charge in [0.1, 0.15) is 0 Å². The molecule has 164 valence electrons. The van der Waals surface area contributed by atoms with Crippen LogP contribution in [-0.4, -0.2) is 65.8 Å². The first-order chi connectivity index (χ1) is 15.4. The van der Waals surface area contributed by atoms with E-state index in [4.69, 9.17) is 23.8 Å². The van der Waals surface area contributed by atoms with Crippen molar-refractivity contribution in [1.29, 1.82) is 0 Å². The van der Waals surface area contributed by atoms with Crippen molar-refractivity contribution >= 4 is 68.7 Å². The molecule has 2 aromatic carbocycles. The Morgan fingerprint density at radius 1 is 0.969 bits per heavy atom. The Morgan fingerprint density at radius 3 is 2.38 bits per heavy atom. The smallest absolute Gasteiger partial charge is 0.271 e. The van der Waals surface area contributed by atoms with Gasteiger partial charge in [-0.2, -0.15) is 0 Å². The predicted octanol–water partition coefficient (Wildman–Crippen LogP) is 3.67. The molecule has 0 aliphatic carbocycles. The van der Waals surface area contributed by atoms with Gasteiger partial charge in [0.2, 0.25) is 0 Å². The second-order valence-corrected chi connectivity index (χ2v) is 10.1. The monoisotopic (exact) mass is 484 g/mol. The van der Waals surface area contributed by atoms with Gasteiger partial charge in [0, 0.05) is 36.8 Å². The summed E-state index contributed by atoms with van der Waals surface area (Å²) in [6, 6.07) is 14.6. The number of nitrogens with zero attached hydrogens (tertiary/aromatic N) is 4. The van der Waals surface area contributed by atoms with Crippen LogP contribution in [0.15, 0.2) is 53.4 Å². The molecule has 2 aromatic rings. The highest BCUT2D eigenvalue weighted by Gasteiger charge is 2.42. The van der Waals surface area contributed by atoms with Gasteiger partial charge < -0.3 is 4.90 Å². The number of fused-ring (bicyclic) bond motifs is 1. The predicted molar refractivity (Wildman–Crippen MR) is 134 cm³/mol. The number of carbonyl (C=O) groups is 2. The van der Waals surface area contributed by atoms with E-state index in [0.717, 1.165) is 37.4 Å². The highest BCUT2D eigenvalue weighted by atomic mass is 35.5. The molecule has 0 spiro atoms. The molecule has 2 amide bonds. The van der Waals surface area contributed by atoms with Crippen molar-refractivity contribution in [3.05, 3.63) is 64.0 Å². The van der Waals surface area contributed by atoms with Crippen LogP contribution in [0.3, 0.4) is 0 Å². The molecule has 32 heavy (non-hydrogen) atoms. The van der Waals surface area contributed by atoms with Crippen molar-refractivity contribution in [3.8, 4) is 0 Å². The Morgan fingerprint density at radius 2 is 1.66 bits per heavy atom. The van der Waals surface area contributed by atoms with Crippen molar-refractivity contribution in [2.75, 3.05) is 49.7 Å². The zero-order valence-corrected chi connectivity index (χ0v) is 19.8. The highest BCUT2D eigenvalue weighted by molar-refractivity contribution is 8.27. The molecule has 2 saturated heterocycles. The van der Waals surface area contributed by atoms with E-state index in [1.165, 1.54) is 16.7 Å². The third kappa shape index (κ3) is 3.76. The lowest BCUT2D eigenvalue weighted by Gasteiger charge is -2.34. The van der Waals surface area contributed by atoms with Crippen LogP contribution in [0.2, 0.25) is 5.02 Å². The minimum Gasteiger partial charge on any atom is -0.304 e. The topological polar surface area (TPSA) is 47.1 Å². The summed E-state index contributed by atoms with van der Waals surface area (Å²) < 4.78 is 0.405. The Hall–Kier alpha value is -2.23. The number of benzene rings is 2. The molecule has 0 N–H and O–H groups in total. The second-order valence-electron chi connectivity index (χ2n) is 8.00. The van der Waals surface area contributed by atoms with Gasteiger partial charge in [-0.05, 0) is 37.4 Å². The van der Waals surface area contributed by atoms with Crippen molar-refractivity contribution in [2.45, 2.75) is 0 Å². The van der Waals surface area contributed by atoms with Crippen molar-refractivity contribution in [3.63, 3.8) is 0 Å². The van der Waals surface area contributed by atoms with Gasteiger partial charge in [0.15, 0.2) is 4.32 Å². The third-order valence-corrected chi connectivity index (χ3v) is 7.57. The number of thioether (sulfide) groups is 1. The molecule has 3 aliphatic heterocycles. The standard InChI is InChI=1S/C23H21ClN4O2S2/c1-25-10-12-26(13-11-25)14-27-18-5-3-2-4-17(18)19(21(27)29)20-22(30)28(23(31)32-20)16-8-6-15(24)7-9-16/h2-9H,10-14H2,1H3/b20-19-. The van der Waals surface area contributed by atoms with Crippen LogP contribution in [0.5, 0.6) is 0 Å². The molecule has 9 heteroatoms. The zero-order valence-electron chi connectivity index (χ0n) is 17.5. The maximum atomic E-state index is 13.6. The zero-order chi connectivity index (χ0) is 22.4. The quantitative estimate of drug-likeness (QED) is 0.489. The number of piperazine rings is 1. The lowest BCUT2D eigenvalue weighted by molar-refractivity contribution is -0.115. The molecular formula is C23H21ClN4O2S2. The highest BCUT2D eigenvalue weighted by Crippen LogP contribution is 2.45. The molecule has 0 radical (unpaired) electrons. The molecular weight excluding hydrogens is 464 g/mol. The fraction of sp³-hybridized carbons (Fsp3) is 0.261. The average molecular weight is 485 g/mol. The molecule has 0 saturated carbocycles. The Kier molecular flexibility index (Phi) is 5.81. The number of likely N-dealkylation sites (N-methyl/N-ethyl adjacent to an activating group) is 1. The molecule has 0 bridgehead atoms. The van der Waals surface area contributed by atoms with Crippen LogP contribution in [0.4, 0.5) is 11.4 Å². The Bertz CT molecular complexity index is 1140. The maximum absolute atomic E-state index is 13.6. The van der Waals surface area contributed by atoms with E-state index in [9.17, 15) is 9.59 Å². The number of halogens is 1. The summed E-state index contributed by atoms with van der Waals surface area (Å²) in [5.74, 6) is -0.427. The van der Waals surface area contributed by atoms with Gasteiger partial charge in [-0.1, -0.05) is 53.8 Å². The summed E-state index contributed by atoms with van der Waals surface area (Å²) >= 11 is 12.7. The molecule has 5 rings (SSSR count). The van der Waals surface area contributed by atoms with Gasteiger partial charge >= 0.3 is 0 Å². The molecule has 6 nitrogen and oxygen atoms in total. The molecule has 0 unspecified atom stereocenters. The lowest BCUT2D eigenvalue weighted by atomic mass is 10.1. The lowest BCUT2D eigenvalue weighted by Crippen LogP contribution is -2.49. The Labute approximate surface area is 201 Å². The number of carbonyl (C=O) groups excluding carboxylic acids is 2. The molecule has 3 aliphatic rings.